The van der Waals surface area contributed by atoms with E-state index < -0.39 is 17.4 Å². The molecule has 9 heteroatoms. The minimum Gasteiger partial charge on any atom is -0.326 e. The zero-order valence-corrected chi connectivity index (χ0v) is 19.1. The highest BCUT2D eigenvalue weighted by atomic mass is 35.5. The predicted molar refractivity (Wildman–Crippen MR) is 126 cm³/mol. The Kier molecular flexibility index (Phi) is 6.34. The number of rotatable bonds is 5. The number of halogens is 1. The van der Waals surface area contributed by atoms with E-state index in [1.165, 1.54) is 11.8 Å². The summed E-state index contributed by atoms with van der Waals surface area (Å²) in [5.41, 5.74) is 3.32. The van der Waals surface area contributed by atoms with Gasteiger partial charge in [0.15, 0.2) is 5.16 Å². The Labute approximate surface area is 194 Å². The number of aryl methyl sites for hydroxylation is 2. The number of fused-ring (bicyclic) bond motifs is 1. The minimum atomic E-state index is -0.928. The van der Waals surface area contributed by atoms with Gasteiger partial charge in [-0.05, 0) is 54.8 Å². The Balaban J connectivity index is 1.58. The Morgan fingerprint density at radius 3 is 2.66 bits per heavy atom. The number of amides is 2. The quantitative estimate of drug-likeness (QED) is 0.380. The number of carbonyl (C=O) groups is 2. The van der Waals surface area contributed by atoms with Crippen molar-refractivity contribution in [1.29, 1.82) is 0 Å². The van der Waals surface area contributed by atoms with Crippen molar-refractivity contribution in [2.45, 2.75) is 37.1 Å². The third kappa shape index (κ3) is 5.03. The van der Waals surface area contributed by atoms with Crippen LogP contribution in [-0.4, -0.2) is 21.8 Å². The van der Waals surface area contributed by atoms with Gasteiger partial charge in [0.1, 0.15) is 5.82 Å². The van der Waals surface area contributed by atoms with Crippen LogP contribution in [0.3, 0.4) is 0 Å². The first-order chi connectivity index (χ1) is 15.3. The van der Waals surface area contributed by atoms with Gasteiger partial charge in [0.25, 0.3) is 5.56 Å². The molecule has 1 unspecified atom stereocenters. The van der Waals surface area contributed by atoms with Crippen molar-refractivity contribution in [3.8, 4) is 0 Å². The summed E-state index contributed by atoms with van der Waals surface area (Å²) < 4.78 is 0. The van der Waals surface area contributed by atoms with Gasteiger partial charge < -0.3 is 15.6 Å². The Morgan fingerprint density at radius 2 is 1.94 bits per heavy atom. The number of aromatic amines is 1. The molecule has 0 bridgehead atoms. The molecule has 4 rings (SSSR count). The topological polar surface area (TPSA) is 104 Å². The molecular formula is C23H21ClN4O3S. The zero-order valence-electron chi connectivity index (χ0n) is 17.5. The van der Waals surface area contributed by atoms with Gasteiger partial charge in [-0.15, -0.1) is 0 Å². The summed E-state index contributed by atoms with van der Waals surface area (Å²) in [7, 11) is 0. The number of H-pyrrole nitrogens is 1. The number of benzene rings is 2. The Bertz CT molecular complexity index is 1250. The van der Waals surface area contributed by atoms with Gasteiger partial charge in [-0.1, -0.05) is 41.6 Å². The highest BCUT2D eigenvalue weighted by Gasteiger charge is 2.34. The first-order valence-corrected chi connectivity index (χ1v) is 11.4. The summed E-state index contributed by atoms with van der Waals surface area (Å²) in [6.07, 6.45) is -0.122. The van der Waals surface area contributed by atoms with Crippen LogP contribution in [-0.2, 0) is 15.3 Å². The zero-order chi connectivity index (χ0) is 22.8. The normalized spacial score (nSPS) is 15.1. The monoisotopic (exact) mass is 468 g/mol. The molecule has 0 spiro atoms. The van der Waals surface area contributed by atoms with Crippen molar-refractivity contribution < 1.29 is 9.59 Å². The first kappa shape index (κ1) is 22.1. The fourth-order valence-electron chi connectivity index (χ4n) is 3.70. The van der Waals surface area contributed by atoms with Gasteiger partial charge in [-0.25, -0.2) is 4.98 Å². The molecule has 32 heavy (non-hydrogen) atoms. The van der Waals surface area contributed by atoms with E-state index in [1.807, 2.05) is 50.2 Å². The number of nitrogens with one attached hydrogen (secondary N) is 3. The van der Waals surface area contributed by atoms with Crippen molar-refractivity contribution in [2.75, 3.05) is 10.6 Å². The molecule has 3 N–H and O–H groups in total. The molecule has 2 aromatic carbocycles. The van der Waals surface area contributed by atoms with Crippen LogP contribution >= 0.6 is 23.4 Å². The summed E-state index contributed by atoms with van der Waals surface area (Å²) in [5.74, 6) is -1.05. The number of thioether (sulfide) groups is 1. The van der Waals surface area contributed by atoms with Crippen LogP contribution in [0.4, 0.5) is 11.5 Å². The van der Waals surface area contributed by atoms with Crippen molar-refractivity contribution >= 4 is 46.7 Å². The number of anilines is 2. The van der Waals surface area contributed by atoms with Gasteiger partial charge in [-0.2, -0.15) is 0 Å². The second-order valence-corrected chi connectivity index (χ2v) is 9.12. The maximum Gasteiger partial charge on any atom is 0.257 e. The molecule has 0 aliphatic carbocycles. The molecule has 0 fully saturated rings. The standard InChI is InChI=1S/C23H21ClN4O3S/c1-12-6-13(2)8-16(7-12)25-21(30)17-10-18(29)26-20-19(17)22(31)28-23(27-20)32-11-14-4-3-5-15(24)9-14/h3-9,17H,10-11H2,1-2H3,(H,25,30)(H2,26,27,28,29,31). The molecule has 164 valence electrons. The average Bonchev–Trinajstić information content (AvgIpc) is 2.70. The van der Waals surface area contributed by atoms with Crippen molar-refractivity contribution in [3.63, 3.8) is 0 Å². The molecule has 1 aliphatic heterocycles. The van der Waals surface area contributed by atoms with Crippen LogP contribution in [0, 0.1) is 13.8 Å². The summed E-state index contributed by atoms with van der Waals surface area (Å²) in [5, 5.41) is 6.44. The van der Waals surface area contributed by atoms with Crippen LogP contribution in [0.25, 0.3) is 0 Å². The summed E-state index contributed by atoms with van der Waals surface area (Å²) in [6, 6.07) is 13.1. The molecule has 0 saturated carbocycles. The SMILES string of the molecule is Cc1cc(C)cc(NC(=O)C2CC(=O)Nc3nc(SCc4cccc(Cl)c4)[nH]c(=O)c32)c1. The lowest BCUT2D eigenvalue weighted by Crippen LogP contribution is -2.36. The van der Waals surface area contributed by atoms with Crippen LogP contribution in [0.2, 0.25) is 5.02 Å². The van der Waals surface area contributed by atoms with Crippen molar-refractivity contribution in [3.05, 3.63) is 80.1 Å². The lowest BCUT2D eigenvalue weighted by molar-refractivity contribution is -0.123. The molecule has 1 aliphatic rings. The lowest BCUT2D eigenvalue weighted by atomic mass is 9.92. The Morgan fingerprint density at radius 1 is 1.19 bits per heavy atom. The van der Waals surface area contributed by atoms with Crippen LogP contribution in [0.15, 0.2) is 52.4 Å². The molecule has 7 nitrogen and oxygen atoms in total. The molecule has 3 aromatic rings. The van der Waals surface area contributed by atoms with Crippen LogP contribution in [0.1, 0.15) is 34.6 Å². The first-order valence-electron chi connectivity index (χ1n) is 9.99. The van der Waals surface area contributed by atoms with E-state index in [1.54, 1.807) is 6.07 Å². The van der Waals surface area contributed by atoms with Crippen LogP contribution < -0.4 is 16.2 Å². The van der Waals surface area contributed by atoms with Gasteiger partial charge in [0.2, 0.25) is 11.8 Å². The molecule has 1 atom stereocenters. The highest BCUT2D eigenvalue weighted by Crippen LogP contribution is 2.31. The second-order valence-electron chi connectivity index (χ2n) is 7.72. The van der Waals surface area contributed by atoms with E-state index in [-0.39, 0.29) is 23.7 Å². The average molecular weight is 469 g/mol. The van der Waals surface area contributed by atoms with Crippen molar-refractivity contribution in [1.82, 2.24) is 9.97 Å². The third-order valence-corrected chi connectivity index (χ3v) is 6.18. The lowest BCUT2D eigenvalue weighted by Gasteiger charge is -2.23. The number of hydrogen-bond donors (Lipinski definition) is 3. The molecule has 0 saturated heterocycles. The smallest absolute Gasteiger partial charge is 0.257 e. The van der Waals surface area contributed by atoms with Crippen molar-refractivity contribution in [2.24, 2.45) is 0 Å². The van der Waals surface area contributed by atoms with Gasteiger partial charge in [0.05, 0.1) is 11.5 Å². The molecular weight excluding hydrogens is 448 g/mol. The minimum absolute atomic E-state index is 0.122. The number of hydrogen-bond acceptors (Lipinski definition) is 5. The maximum atomic E-state index is 13.0. The second kappa shape index (κ2) is 9.18. The van der Waals surface area contributed by atoms with E-state index >= 15 is 0 Å². The molecule has 1 aromatic heterocycles. The maximum absolute atomic E-state index is 13.0. The highest BCUT2D eigenvalue weighted by molar-refractivity contribution is 7.98. The largest absolute Gasteiger partial charge is 0.326 e. The fourth-order valence-corrected chi connectivity index (χ4v) is 4.71. The van der Waals surface area contributed by atoms with E-state index in [0.717, 1.165) is 16.7 Å². The fraction of sp³-hybridized carbons (Fsp3) is 0.217. The number of nitrogens with zero attached hydrogens (tertiary/aromatic N) is 1. The Hall–Kier alpha value is -3.10. The predicted octanol–water partition coefficient (Wildman–Crippen LogP) is 4.40. The van der Waals surface area contributed by atoms with E-state index in [9.17, 15) is 14.4 Å². The number of aromatic nitrogens is 2. The third-order valence-electron chi connectivity index (χ3n) is 5.00. The summed E-state index contributed by atoms with van der Waals surface area (Å²) >= 11 is 7.32. The van der Waals surface area contributed by atoms with E-state index in [0.29, 0.717) is 21.6 Å². The number of carbonyl (C=O) groups excluding carboxylic acids is 2. The molecule has 0 radical (unpaired) electrons. The summed E-state index contributed by atoms with van der Waals surface area (Å²) in [6.45, 7) is 3.87. The molecule has 2 amide bonds. The van der Waals surface area contributed by atoms with Gasteiger partial charge in [0, 0.05) is 22.9 Å². The van der Waals surface area contributed by atoms with Gasteiger partial charge >= 0.3 is 0 Å². The van der Waals surface area contributed by atoms with Gasteiger partial charge in [-0.3, -0.25) is 14.4 Å². The van der Waals surface area contributed by atoms with E-state index in [4.69, 9.17) is 11.6 Å². The molecule has 2 heterocycles. The summed E-state index contributed by atoms with van der Waals surface area (Å²) in [4.78, 5) is 45.3. The van der Waals surface area contributed by atoms with E-state index in [2.05, 4.69) is 20.6 Å². The van der Waals surface area contributed by atoms with Crippen LogP contribution in [0.5, 0.6) is 0 Å².